The number of anilines is 2. The molecule has 144 valence electrons. The molecule has 0 atom stereocenters. The Morgan fingerprint density at radius 1 is 1.27 bits per heavy atom. The van der Waals surface area contributed by atoms with Crippen molar-refractivity contribution in [2.24, 2.45) is 4.99 Å². The fourth-order valence-corrected chi connectivity index (χ4v) is 2.14. The van der Waals surface area contributed by atoms with E-state index in [1.807, 2.05) is 0 Å². The standard InChI is InChI=1S/C14H19F3N6O3/c1-21(8-6-18-12(24)14(15,16)17)9-7-19-13-20-23(26)11-5-3-2-4-10(11)22(13)25/h2-5,25-26H,6-9H2,1H3,(H,18,24)(H,19,20). The van der Waals surface area contributed by atoms with Crippen molar-refractivity contribution >= 4 is 23.2 Å². The molecule has 1 aromatic carbocycles. The highest BCUT2D eigenvalue weighted by molar-refractivity contribution is 6.00. The Hall–Kier alpha value is -2.57. The highest BCUT2D eigenvalue weighted by atomic mass is 19.4. The Balaban J connectivity index is 1.80. The molecule has 0 aromatic heterocycles. The van der Waals surface area contributed by atoms with Crippen LogP contribution in [0.25, 0.3) is 0 Å². The van der Waals surface area contributed by atoms with Crippen LogP contribution in [-0.4, -0.2) is 66.6 Å². The zero-order chi connectivity index (χ0) is 19.3. The van der Waals surface area contributed by atoms with Crippen molar-refractivity contribution in [3.8, 4) is 0 Å². The van der Waals surface area contributed by atoms with Crippen molar-refractivity contribution in [3.05, 3.63) is 24.3 Å². The quantitative estimate of drug-likeness (QED) is 0.575. The lowest BCUT2D eigenvalue weighted by Gasteiger charge is -2.32. The zero-order valence-corrected chi connectivity index (χ0v) is 13.9. The van der Waals surface area contributed by atoms with Gasteiger partial charge in [-0.25, -0.2) is 10.4 Å². The molecule has 4 N–H and O–H groups in total. The molecular formula is C14H19F3N6O3. The van der Waals surface area contributed by atoms with Gasteiger partial charge >= 0.3 is 12.1 Å². The number of aliphatic imine (C=N–C) groups is 1. The fourth-order valence-electron chi connectivity index (χ4n) is 2.14. The molecule has 2 rings (SSSR count). The van der Waals surface area contributed by atoms with Gasteiger partial charge in [-0.2, -0.15) is 23.4 Å². The van der Waals surface area contributed by atoms with Crippen molar-refractivity contribution in [1.82, 2.24) is 15.6 Å². The Morgan fingerprint density at radius 2 is 1.92 bits per heavy atom. The predicted molar refractivity (Wildman–Crippen MR) is 87.0 cm³/mol. The SMILES string of the molecule is CN(CCN=C1NN(O)c2ccccc2N1O)CCNC(=O)C(F)(F)F. The number of likely N-dealkylation sites (N-methyl/N-ethyl adjacent to an activating group) is 1. The van der Waals surface area contributed by atoms with Crippen molar-refractivity contribution in [2.75, 3.05) is 43.5 Å². The van der Waals surface area contributed by atoms with Gasteiger partial charge in [0.1, 0.15) is 11.4 Å². The van der Waals surface area contributed by atoms with Gasteiger partial charge < -0.3 is 10.2 Å². The number of hydrogen-bond donors (Lipinski definition) is 4. The van der Waals surface area contributed by atoms with Gasteiger partial charge in [0, 0.05) is 19.6 Å². The number of fused-ring (bicyclic) bond motifs is 1. The van der Waals surface area contributed by atoms with E-state index >= 15 is 0 Å². The summed E-state index contributed by atoms with van der Waals surface area (Å²) in [7, 11) is 1.65. The highest BCUT2D eigenvalue weighted by Crippen LogP contribution is 2.29. The van der Waals surface area contributed by atoms with Crippen molar-refractivity contribution in [3.63, 3.8) is 0 Å². The molecule has 0 saturated heterocycles. The summed E-state index contributed by atoms with van der Waals surface area (Å²) < 4.78 is 36.2. The molecule has 0 spiro atoms. The number of carbonyl (C=O) groups excluding carboxylic acids is 1. The lowest BCUT2D eigenvalue weighted by molar-refractivity contribution is -0.173. The number of guanidine groups is 1. The van der Waals surface area contributed by atoms with Gasteiger partial charge in [-0.3, -0.25) is 15.2 Å². The van der Waals surface area contributed by atoms with Gasteiger partial charge in [0.15, 0.2) is 0 Å². The van der Waals surface area contributed by atoms with E-state index in [0.717, 1.165) is 10.2 Å². The van der Waals surface area contributed by atoms with Crippen LogP contribution in [0.4, 0.5) is 24.5 Å². The van der Waals surface area contributed by atoms with Gasteiger partial charge in [-0.15, -0.1) is 0 Å². The fraction of sp³-hybridized carbons (Fsp3) is 0.429. The van der Waals surface area contributed by atoms with Crippen molar-refractivity contribution in [2.45, 2.75) is 6.18 Å². The van der Waals surface area contributed by atoms with Crippen LogP contribution < -0.4 is 21.0 Å². The minimum atomic E-state index is -4.89. The molecule has 9 nitrogen and oxygen atoms in total. The molecule has 12 heteroatoms. The Bertz CT molecular complexity index is 670. The summed E-state index contributed by atoms with van der Waals surface area (Å²) >= 11 is 0. The third kappa shape index (κ3) is 4.97. The molecule has 0 aliphatic carbocycles. The van der Waals surface area contributed by atoms with Crippen LogP contribution in [0.2, 0.25) is 0 Å². The van der Waals surface area contributed by atoms with Gasteiger partial charge in [0.25, 0.3) is 0 Å². The first-order chi connectivity index (χ1) is 12.2. The van der Waals surface area contributed by atoms with Crippen LogP contribution >= 0.6 is 0 Å². The monoisotopic (exact) mass is 376 g/mol. The largest absolute Gasteiger partial charge is 0.471 e. The van der Waals surface area contributed by atoms with E-state index in [0.29, 0.717) is 17.9 Å². The first kappa shape index (κ1) is 19.8. The number of hydroxylamine groups is 1. The summed E-state index contributed by atoms with van der Waals surface area (Å²) in [5, 5.41) is 23.2. The van der Waals surface area contributed by atoms with Crippen LogP contribution in [0.1, 0.15) is 0 Å². The van der Waals surface area contributed by atoms with Gasteiger partial charge in [-0.1, -0.05) is 12.1 Å². The second-order valence-corrected chi connectivity index (χ2v) is 5.49. The Labute approximate surface area is 147 Å². The average Bonchev–Trinajstić information content (AvgIpc) is 2.58. The number of hydrazine groups is 1. The molecule has 0 saturated carbocycles. The van der Waals surface area contributed by atoms with Gasteiger partial charge in [0.2, 0.25) is 5.96 Å². The van der Waals surface area contributed by atoms with E-state index in [1.165, 1.54) is 0 Å². The molecule has 1 amide bonds. The number of halogens is 3. The minimum Gasteiger partial charge on any atom is -0.347 e. The summed E-state index contributed by atoms with van der Waals surface area (Å²) in [4.78, 5) is 16.5. The summed E-state index contributed by atoms with van der Waals surface area (Å²) in [6.07, 6.45) is -4.89. The number of nitrogens with zero attached hydrogens (tertiary/aromatic N) is 4. The first-order valence-corrected chi connectivity index (χ1v) is 7.62. The van der Waals surface area contributed by atoms with E-state index in [-0.39, 0.29) is 25.6 Å². The van der Waals surface area contributed by atoms with Crippen LogP contribution in [0, 0.1) is 0 Å². The topological polar surface area (TPSA) is 104 Å². The minimum absolute atomic E-state index is 0.00928. The molecule has 0 radical (unpaired) electrons. The van der Waals surface area contributed by atoms with E-state index in [2.05, 4.69) is 10.4 Å². The lowest BCUT2D eigenvalue weighted by Crippen LogP contribution is -2.52. The molecule has 1 heterocycles. The number of carbonyl (C=O) groups is 1. The third-order valence-corrected chi connectivity index (χ3v) is 3.52. The summed E-state index contributed by atoms with van der Waals surface area (Å²) in [5.41, 5.74) is 3.15. The molecule has 0 unspecified atom stereocenters. The number of nitrogens with one attached hydrogen (secondary N) is 2. The van der Waals surface area contributed by atoms with Crippen LogP contribution in [0.15, 0.2) is 29.3 Å². The van der Waals surface area contributed by atoms with Crippen LogP contribution in [0.3, 0.4) is 0 Å². The predicted octanol–water partition coefficient (Wildman–Crippen LogP) is 0.562. The highest BCUT2D eigenvalue weighted by Gasteiger charge is 2.38. The maximum Gasteiger partial charge on any atom is 0.471 e. The Morgan fingerprint density at radius 3 is 2.58 bits per heavy atom. The second kappa shape index (κ2) is 8.21. The van der Waals surface area contributed by atoms with Gasteiger partial charge in [-0.05, 0) is 19.2 Å². The number of benzene rings is 1. The summed E-state index contributed by atoms with van der Waals surface area (Å²) in [6, 6.07) is 6.55. The number of hydrogen-bond acceptors (Lipinski definition) is 6. The molecule has 1 aliphatic heterocycles. The average molecular weight is 376 g/mol. The van der Waals surface area contributed by atoms with E-state index in [4.69, 9.17) is 0 Å². The summed E-state index contributed by atoms with van der Waals surface area (Å²) in [5.74, 6) is -1.99. The number of amides is 1. The molecule has 0 bridgehead atoms. The van der Waals surface area contributed by atoms with Crippen molar-refractivity contribution < 1.29 is 28.4 Å². The maximum absolute atomic E-state index is 12.1. The maximum atomic E-state index is 12.1. The van der Waals surface area contributed by atoms with Gasteiger partial charge in [0.05, 0.1) is 6.54 Å². The van der Waals surface area contributed by atoms with E-state index in [1.54, 1.807) is 41.5 Å². The molecule has 26 heavy (non-hydrogen) atoms. The Kier molecular flexibility index (Phi) is 6.23. The molecular weight excluding hydrogens is 357 g/mol. The van der Waals surface area contributed by atoms with Crippen molar-refractivity contribution in [1.29, 1.82) is 0 Å². The van der Waals surface area contributed by atoms with E-state index < -0.39 is 12.1 Å². The number of alkyl halides is 3. The second-order valence-electron chi connectivity index (χ2n) is 5.49. The zero-order valence-electron chi connectivity index (χ0n) is 13.9. The smallest absolute Gasteiger partial charge is 0.347 e. The number of para-hydroxylation sites is 2. The summed E-state index contributed by atoms with van der Waals surface area (Å²) in [6.45, 7) is 0.582. The third-order valence-electron chi connectivity index (χ3n) is 3.52. The molecule has 0 fully saturated rings. The number of rotatable bonds is 6. The van der Waals surface area contributed by atoms with Crippen LogP contribution in [-0.2, 0) is 4.79 Å². The normalized spacial score (nSPS) is 15.9. The first-order valence-electron chi connectivity index (χ1n) is 7.62. The van der Waals surface area contributed by atoms with Crippen LogP contribution in [0.5, 0.6) is 0 Å². The lowest BCUT2D eigenvalue weighted by atomic mass is 10.2. The van der Waals surface area contributed by atoms with E-state index in [9.17, 15) is 28.4 Å². The molecule has 1 aliphatic rings. The molecule has 1 aromatic rings.